The van der Waals surface area contributed by atoms with Gasteiger partial charge in [-0.3, -0.25) is 9.59 Å². The van der Waals surface area contributed by atoms with E-state index < -0.39 is 91.8 Å². The molecule has 2 aliphatic rings. The third-order valence-electron chi connectivity index (χ3n) is 6.26. The number of amides is 2. The molecule has 1 fully saturated rings. The Morgan fingerprint density at radius 2 is 1.74 bits per heavy atom. The Morgan fingerprint density at radius 3 is 2.31 bits per heavy atom. The molecule has 4 rings (SSSR count). The van der Waals surface area contributed by atoms with Crippen molar-refractivity contribution in [1.82, 2.24) is 5.32 Å². The third-order valence-corrected chi connectivity index (χ3v) is 8.03. The molecular weight excluding hydrogens is 544 g/mol. The second kappa shape index (κ2) is 9.92. The summed E-state index contributed by atoms with van der Waals surface area (Å²) in [7, 11) is -4.44. The summed E-state index contributed by atoms with van der Waals surface area (Å²) in [5.74, 6) is -8.96. The molecular formula is C26H26F4N2O6S. The predicted molar refractivity (Wildman–Crippen MR) is 131 cm³/mol. The zero-order valence-electron chi connectivity index (χ0n) is 21.3. The Hall–Kier alpha value is -3.48. The fraction of sp³-hybridized carbons (Fsp3) is 0.423. The molecule has 2 amide bonds. The number of sulfone groups is 1. The lowest BCUT2D eigenvalue weighted by molar-refractivity contribution is -0.120. The summed E-state index contributed by atoms with van der Waals surface area (Å²) in [4.78, 5) is 39.1. The van der Waals surface area contributed by atoms with Gasteiger partial charge in [0, 0.05) is 18.8 Å². The molecule has 2 aromatic rings. The maximum atomic E-state index is 15.0. The smallest absolute Gasteiger partial charge is 0.408 e. The molecule has 0 spiro atoms. The molecule has 0 aromatic heterocycles. The molecule has 1 N–H and O–H groups in total. The van der Waals surface area contributed by atoms with Crippen molar-refractivity contribution in [3.63, 3.8) is 0 Å². The molecule has 39 heavy (non-hydrogen) atoms. The average molecular weight is 571 g/mol. The summed E-state index contributed by atoms with van der Waals surface area (Å²) < 4.78 is 87.0. The van der Waals surface area contributed by atoms with Crippen molar-refractivity contribution in [2.45, 2.75) is 62.6 Å². The predicted octanol–water partition coefficient (Wildman–Crippen LogP) is 4.41. The number of rotatable bonds is 6. The van der Waals surface area contributed by atoms with E-state index in [1.165, 1.54) is 12.1 Å². The number of alkyl halides is 2. The second-order valence-electron chi connectivity index (χ2n) is 10.6. The van der Waals surface area contributed by atoms with Crippen molar-refractivity contribution in [3.8, 4) is 0 Å². The van der Waals surface area contributed by atoms with E-state index >= 15 is 4.39 Å². The number of nitrogens with zero attached hydrogens (tertiary/aromatic N) is 1. The molecule has 0 radical (unpaired) electrons. The molecule has 0 saturated heterocycles. The first-order chi connectivity index (χ1) is 18.0. The highest BCUT2D eigenvalue weighted by molar-refractivity contribution is 7.91. The van der Waals surface area contributed by atoms with E-state index in [1.807, 2.05) is 0 Å². The standard InChI is InChI=1S/C26H26F4N2O6S/c1-25(2,3)38-24(35)31-19-13-39(36,37)22-10-18(28)17(21(33)8-15-11-26(15,29)30)9-20(22)32(23(19)34)12-14-4-6-16(27)7-5-14/h4-7,9-10,15,19H,8,11-13H2,1-3H3,(H,31,35)/t15?,19-/m0/s1. The molecule has 2 atom stereocenters. The minimum absolute atomic E-state index is 0.339. The van der Waals surface area contributed by atoms with Gasteiger partial charge in [0.2, 0.25) is 0 Å². The number of alkyl carbamates (subject to hydrolysis) is 1. The van der Waals surface area contributed by atoms with Gasteiger partial charge in [0.15, 0.2) is 15.6 Å². The van der Waals surface area contributed by atoms with Crippen molar-refractivity contribution < 1.29 is 45.1 Å². The van der Waals surface area contributed by atoms with Gasteiger partial charge in [0.25, 0.3) is 11.8 Å². The topological polar surface area (TPSA) is 110 Å². The molecule has 1 saturated carbocycles. The Bertz CT molecular complexity index is 1440. The largest absolute Gasteiger partial charge is 0.444 e. The molecule has 2 aromatic carbocycles. The van der Waals surface area contributed by atoms with Gasteiger partial charge in [0.1, 0.15) is 23.3 Å². The highest BCUT2D eigenvalue weighted by Crippen LogP contribution is 2.51. The lowest BCUT2D eigenvalue weighted by Gasteiger charge is -2.27. The Labute approximate surface area is 222 Å². The van der Waals surface area contributed by atoms with Crippen LogP contribution in [0.15, 0.2) is 41.3 Å². The zero-order chi connectivity index (χ0) is 28.9. The second-order valence-corrected chi connectivity index (χ2v) is 12.6. The van der Waals surface area contributed by atoms with E-state index in [0.29, 0.717) is 11.6 Å². The quantitative estimate of drug-likeness (QED) is 0.407. The number of carbonyl (C=O) groups is 3. The van der Waals surface area contributed by atoms with Gasteiger partial charge >= 0.3 is 6.09 Å². The normalized spacial score (nSPS) is 21.5. The van der Waals surface area contributed by atoms with Gasteiger partial charge in [-0.15, -0.1) is 0 Å². The molecule has 1 heterocycles. The number of Topliss-reactive ketones (excluding diaryl/α,β-unsaturated/α-hetero) is 1. The molecule has 0 bridgehead atoms. The number of anilines is 1. The Kier molecular flexibility index (Phi) is 7.26. The minimum atomic E-state index is -4.44. The van der Waals surface area contributed by atoms with Gasteiger partial charge in [-0.1, -0.05) is 12.1 Å². The van der Waals surface area contributed by atoms with E-state index in [1.54, 1.807) is 20.8 Å². The SMILES string of the molecule is CC(C)(C)OC(=O)N[C@H]1CS(=O)(=O)c2cc(F)c(C(=O)CC3CC3(F)F)cc2N(Cc2ccc(F)cc2)C1=O. The fourth-order valence-electron chi connectivity index (χ4n) is 4.22. The first kappa shape index (κ1) is 28.5. The third kappa shape index (κ3) is 6.40. The zero-order valence-corrected chi connectivity index (χ0v) is 22.1. The van der Waals surface area contributed by atoms with Crippen LogP contribution in [-0.2, 0) is 25.9 Å². The lowest BCUT2D eigenvalue weighted by Crippen LogP contribution is -2.51. The monoisotopic (exact) mass is 570 g/mol. The van der Waals surface area contributed by atoms with Gasteiger partial charge in [-0.25, -0.2) is 30.8 Å². The van der Waals surface area contributed by atoms with Crippen LogP contribution >= 0.6 is 0 Å². The lowest BCUT2D eigenvalue weighted by atomic mass is 10.0. The van der Waals surface area contributed by atoms with Gasteiger partial charge in [0.05, 0.1) is 28.4 Å². The number of benzene rings is 2. The maximum Gasteiger partial charge on any atom is 0.408 e. The average Bonchev–Trinajstić information content (AvgIpc) is 3.42. The molecule has 210 valence electrons. The van der Waals surface area contributed by atoms with Gasteiger partial charge < -0.3 is 15.0 Å². The van der Waals surface area contributed by atoms with Crippen molar-refractivity contribution in [1.29, 1.82) is 0 Å². The van der Waals surface area contributed by atoms with Crippen LogP contribution in [0.4, 0.5) is 28.0 Å². The van der Waals surface area contributed by atoms with Crippen molar-refractivity contribution in [3.05, 3.63) is 59.2 Å². The van der Waals surface area contributed by atoms with Crippen LogP contribution in [-0.4, -0.2) is 49.5 Å². The molecule has 13 heteroatoms. The number of halogens is 4. The summed E-state index contributed by atoms with van der Waals surface area (Å²) >= 11 is 0. The molecule has 8 nitrogen and oxygen atoms in total. The Balaban J connectivity index is 1.78. The first-order valence-electron chi connectivity index (χ1n) is 12.0. The van der Waals surface area contributed by atoms with Crippen LogP contribution in [0.2, 0.25) is 0 Å². The number of nitrogens with one attached hydrogen (secondary N) is 1. The number of ketones is 1. The van der Waals surface area contributed by atoms with E-state index in [0.717, 1.165) is 23.1 Å². The highest BCUT2D eigenvalue weighted by atomic mass is 32.2. The summed E-state index contributed by atoms with van der Waals surface area (Å²) in [5, 5.41) is 2.24. The number of hydrogen-bond acceptors (Lipinski definition) is 6. The van der Waals surface area contributed by atoms with E-state index in [2.05, 4.69) is 5.32 Å². The van der Waals surface area contributed by atoms with E-state index in [4.69, 9.17) is 4.74 Å². The van der Waals surface area contributed by atoms with Crippen LogP contribution in [0, 0.1) is 17.6 Å². The van der Waals surface area contributed by atoms with Crippen molar-refractivity contribution in [2.75, 3.05) is 10.7 Å². The molecule has 1 unspecified atom stereocenters. The number of hydrogen-bond donors (Lipinski definition) is 1. The van der Waals surface area contributed by atoms with Crippen LogP contribution in [0.25, 0.3) is 0 Å². The van der Waals surface area contributed by atoms with Crippen LogP contribution < -0.4 is 10.2 Å². The van der Waals surface area contributed by atoms with E-state index in [9.17, 15) is 36.0 Å². The molecule has 1 aliphatic carbocycles. The van der Waals surface area contributed by atoms with Gasteiger partial charge in [-0.2, -0.15) is 0 Å². The van der Waals surface area contributed by atoms with Crippen LogP contribution in [0.1, 0.15) is 49.5 Å². The Morgan fingerprint density at radius 1 is 1.13 bits per heavy atom. The number of ether oxygens (including phenoxy) is 1. The van der Waals surface area contributed by atoms with Crippen molar-refractivity contribution >= 4 is 33.3 Å². The van der Waals surface area contributed by atoms with Crippen LogP contribution in [0.5, 0.6) is 0 Å². The summed E-state index contributed by atoms with van der Waals surface area (Å²) in [6.45, 7) is 4.35. The summed E-state index contributed by atoms with van der Waals surface area (Å²) in [6, 6.07) is 4.66. The molecule has 1 aliphatic heterocycles. The number of fused-ring (bicyclic) bond motifs is 1. The van der Waals surface area contributed by atoms with Crippen LogP contribution in [0.3, 0.4) is 0 Å². The van der Waals surface area contributed by atoms with E-state index in [-0.39, 0.29) is 12.2 Å². The summed E-state index contributed by atoms with van der Waals surface area (Å²) in [5.41, 5.74) is -1.64. The minimum Gasteiger partial charge on any atom is -0.444 e. The summed E-state index contributed by atoms with van der Waals surface area (Å²) in [6.07, 6.45) is -2.26. The fourth-order valence-corrected chi connectivity index (χ4v) is 5.83. The maximum absolute atomic E-state index is 15.0. The first-order valence-corrected chi connectivity index (χ1v) is 13.6. The van der Waals surface area contributed by atoms with Gasteiger partial charge in [-0.05, 0) is 50.6 Å². The number of carbonyl (C=O) groups excluding carboxylic acids is 3. The van der Waals surface area contributed by atoms with Crippen molar-refractivity contribution in [2.24, 2.45) is 5.92 Å². The highest BCUT2D eigenvalue weighted by Gasteiger charge is 2.57.